The van der Waals surface area contributed by atoms with Gasteiger partial charge in [-0.2, -0.15) is 0 Å². The Labute approximate surface area is 116 Å². The molecule has 1 saturated heterocycles. The minimum absolute atomic E-state index is 0.738. The first-order valence-corrected chi connectivity index (χ1v) is 7.28. The molecule has 1 aliphatic rings. The molecule has 3 nitrogen and oxygen atoms in total. The van der Waals surface area contributed by atoms with Crippen molar-refractivity contribution in [3.63, 3.8) is 0 Å². The molecular formula is C16H26N2O. The van der Waals surface area contributed by atoms with E-state index in [2.05, 4.69) is 34.5 Å². The minimum Gasteiger partial charge on any atom is -0.383 e. The molecule has 0 unspecified atom stereocenters. The standard InChI is InChI=1S/C16H26N2O/c1-17-13-14-3-5-15(6-4-14)16-7-9-18(10-8-16)11-12-19-2/h3-6,16-17H,7-13H2,1-2H3. The van der Waals surface area contributed by atoms with E-state index in [0.717, 1.165) is 25.6 Å². The summed E-state index contributed by atoms with van der Waals surface area (Å²) in [6, 6.07) is 9.12. The van der Waals surface area contributed by atoms with Crippen LogP contribution in [0.5, 0.6) is 0 Å². The first kappa shape index (κ1) is 14.5. The molecule has 19 heavy (non-hydrogen) atoms. The van der Waals surface area contributed by atoms with E-state index in [1.54, 1.807) is 7.11 Å². The first-order chi connectivity index (χ1) is 9.33. The van der Waals surface area contributed by atoms with Crippen LogP contribution >= 0.6 is 0 Å². The molecule has 2 rings (SSSR count). The summed E-state index contributed by atoms with van der Waals surface area (Å²) in [6.07, 6.45) is 2.55. The SMILES string of the molecule is CNCc1ccc(C2CCN(CCOC)CC2)cc1. The molecule has 3 heteroatoms. The molecule has 1 aliphatic heterocycles. The van der Waals surface area contributed by atoms with Crippen LogP contribution in [0.15, 0.2) is 24.3 Å². The third-order valence-electron chi connectivity index (χ3n) is 4.03. The van der Waals surface area contributed by atoms with E-state index in [4.69, 9.17) is 4.74 Å². The summed E-state index contributed by atoms with van der Waals surface area (Å²) in [5.74, 6) is 0.738. The van der Waals surface area contributed by atoms with Crippen LogP contribution in [0.1, 0.15) is 29.9 Å². The number of rotatable bonds is 6. The highest BCUT2D eigenvalue weighted by molar-refractivity contribution is 5.25. The zero-order chi connectivity index (χ0) is 13.5. The van der Waals surface area contributed by atoms with Crippen molar-refractivity contribution < 1.29 is 4.74 Å². The van der Waals surface area contributed by atoms with Gasteiger partial charge >= 0.3 is 0 Å². The number of hydrogen-bond donors (Lipinski definition) is 1. The van der Waals surface area contributed by atoms with Gasteiger partial charge in [-0.25, -0.2) is 0 Å². The second-order valence-electron chi connectivity index (χ2n) is 5.38. The lowest BCUT2D eigenvalue weighted by molar-refractivity contribution is 0.130. The van der Waals surface area contributed by atoms with Crippen molar-refractivity contribution in [1.82, 2.24) is 10.2 Å². The normalized spacial score (nSPS) is 17.8. The Hall–Kier alpha value is -0.900. The van der Waals surface area contributed by atoms with Crippen molar-refractivity contribution >= 4 is 0 Å². The maximum absolute atomic E-state index is 5.14. The topological polar surface area (TPSA) is 24.5 Å². The predicted octanol–water partition coefficient (Wildman–Crippen LogP) is 2.23. The Morgan fingerprint density at radius 3 is 2.47 bits per heavy atom. The lowest BCUT2D eigenvalue weighted by atomic mass is 9.89. The maximum Gasteiger partial charge on any atom is 0.0589 e. The van der Waals surface area contributed by atoms with Gasteiger partial charge in [0.15, 0.2) is 0 Å². The molecule has 0 amide bonds. The highest BCUT2D eigenvalue weighted by Crippen LogP contribution is 2.27. The van der Waals surface area contributed by atoms with E-state index in [-0.39, 0.29) is 0 Å². The number of hydrogen-bond acceptors (Lipinski definition) is 3. The van der Waals surface area contributed by atoms with Gasteiger partial charge in [-0.1, -0.05) is 24.3 Å². The van der Waals surface area contributed by atoms with E-state index in [1.807, 2.05) is 7.05 Å². The maximum atomic E-state index is 5.14. The summed E-state index contributed by atoms with van der Waals surface area (Å²) in [5.41, 5.74) is 2.87. The number of methoxy groups -OCH3 is 1. The molecule has 0 radical (unpaired) electrons. The van der Waals surface area contributed by atoms with Crippen molar-refractivity contribution in [2.24, 2.45) is 0 Å². The highest BCUT2D eigenvalue weighted by Gasteiger charge is 2.19. The fourth-order valence-corrected chi connectivity index (χ4v) is 2.82. The third kappa shape index (κ3) is 4.30. The Bertz CT molecular complexity index is 356. The van der Waals surface area contributed by atoms with Gasteiger partial charge in [0, 0.05) is 20.2 Å². The largest absolute Gasteiger partial charge is 0.383 e. The van der Waals surface area contributed by atoms with Gasteiger partial charge < -0.3 is 15.0 Å². The molecule has 106 valence electrons. The van der Waals surface area contributed by atoms with Crippen LogP contribution in [-0.2, 0) is 11.3 Å². The molecule has 0 spiro atoms. The average Bonchev–Trinajstić information content (AvgIpc) is 2.47. The molecule has 1 heterocycles. The number of piperidine rings is 1. The van der Waals surface area contributed by atoms with E-state index < -0.39 is 0 Å². The summed E-state index contributed by atoms with van der Waals surface area (Å²) in [4.78, 5) is 2.51. The van der Waals surface area contributed by atoms with Crippen LogP contribution in [0.3, 0.4) is 0 Å². The molecule has 0 saturated carbocycles. The lowest BCUT2D eigenvalue weighted by Gasteiger charge is -2.32. The second kappa shape index (κ2) is 7.63. The van der Waals surface area contributed by atoms with E-state index in [0.29, 0.717) is 0 Å². The van der Waals surface area contributed by atoms with Crippen LogP contribution in [0.25, 0.3) is 0 Å². The van der Waals surface area contributed by atoms with Gasteiger partial charge in [0.1, 0.15) is 0 Å². The number of ether oxygens (including phenoxy) is 1. The number of nitrogens with one attached hydrogen (secondary N) is 1. The van der Waals surface area contributed by atoms with Gasteiger partial charge in [-0.15, -0.1) is 0 Å². The van der Waals surface area contributed by atoms with E-state index in [1.165, 1.54) is 37.1 Å². The van der Waals surface area contributed by atoms with Crippen molar-refractivity contribution in [2.75, 3.05) is 40.4 Å². The van der Waals surface area contributed by atoms with Gasteiger partial charge in [0.25, 0.3) is 0 Å². The number of benzene rings is 1. The third-order valence-corrected chi connectivity index (χ3v) is 4.03. The van der Waals surface area contributed by atoms with Crippen LogP contribution in [0, 0.1) is 0 Å². The van der Waals surface area contributed by atoms with Crippen LogP contribution < -0.4 is 5.32 Å². The zero-order valence-electron chi connectivity index (χ0n) is 12.2. The quantitative estimate of drug-likeness (QED) is 0.851. The molecule has 1 aromatic carbocycles. The summed E-state index contributed by atoms with van der Waals surface area (Å²) in [7, 11) is 3.77. The van der Waals surface area contributed by atoms with E-state index >= 15 is 0 Å². The fourth-order valence-electron chi connectivity index (χ4n) is 2.82. The highest BCUT2D eigenvalue weighted by atomic mass is 16.5. The Balaban J connectivity index is 1.83. The summed E-state index contributed by atoms with van der Waals surface area (Å²) >= 11 is 0. The van der Waals surface area contributed by atoms with Crippen LogP contribution in [0.2, 0.25) is 0 Å². The van der Waals surface area contributed by atoms with Crippen molar-refractivity contribution in [1.29, 1.82) is 0 Å². The van der Waals surface area contributed by atoms with Crippen molar-refractivity contribution in [3.05, 3.63) is 35.4 Å². The predicted molar refractivity (Wildman–Crippen MR) is 79.5 cm³/mol. The van der Waals surface area contributed by atoms with Gasteiger partial charge in [-0.05, 0) is 50.0 Å². The zero-order valence-corrected chi connectivity index (χ0v) is 12.2. The fraction of sp³-hybridized carbons (Fsp3) is 0.625. The second-order valence-corrected chi connectivity index (χ2v) is 5.38. The summed E-state index contributed by atoms with van der Waals surface area (Å²) in [6.45, 7) is 5.28. The molecule has 0 bridgehead atoms. The molecule has 0 atom stereocenters. The molecule has 1 fully saturated rings. The Morgan fingerprint density at radius 2 is 1.89 bits per heavy atom. The molecule has 0 aromatic heterocycles. The van der Waals surface area contributed by atoms with Gasteiger partial charge in [0.05, 0.1) is 6.61 Å². The smallest absolute Gasteiger partial charge is 0.0589 e. The molecule has 1 aromatic rings. The molecule has 0 aliphatic carbocycles. The van der Waals surface area contributed by atoms with Gasteiger partial charge in [0.2, 0.25) is 0 Å². The number of nitrogens with zero attached hydrogens (tertiary/aromatic N) is 1. The van der Waals surface area contributed by atoms with Crippen molar-refractivity contribution in [3.8, 4) is 0 Å². The average molecular weight is 262 g/mol. The monoisotopic (exact) mass is 262 g/mol. The van der Waals surface area contributed by atoms with Crippen molar-refractivity contribution in [2.45, 2.75) is 25.3 Å². The molecular weight excluding hydrogens is 236 g/mol. The minimum atomic E-state index is 0.738. The van der Waals surface area contributed by atoms with Crippen LogP contribution in [0.4, 0.5) is 0 Å². The molecule has 1 N–H and O–H groups in total. The van der Waals surface area contributed by atoms with Crippen LogP contribution in [-0.4, -0.2) is 45.3 Å². The Morgan fingerprint density at radius 1 is 1.21 bits per heavy atom. The number of likely N-dealkylation sites (tertiary alicyclic amines) is 1. The van der Waals surface area contributed by atoms with E-state index in [9.17, 15) is 0 Å². The van der Waals surface area contributed by atoms with Gasteiger partial charge in [-0.3, -0.25) is 0 Å². The first-order valence-electron chi connectivity index (χ1n) is 7.28. The lowest BCUT2D eigenvalue weighted by Crippen LogP contribution is -2.35. The Kier molecular flexibility index (Phi) is 5.83. The summed E-state index contributed by atoms with van der Waals surface area (Å²) < 4.78 is 5.14. The summed E-state index contributed by atoms with van der Waals surface area (Å²) in [5, 5.41) is 3.19.